The number of nitrogens with one attached hydrogen (secondary N) is 2. The van der Waals surface area contributed by atoms with E-state index >= 15 is 0 Å². The quantitative estimate of drug-likeness (QED) is 0.405. The Morgan fingerprint density at radius 2 is 1.78 bits per heavy atom. The number of benzene rings is 2. The Kier molecular flexibility index (Phi) is 7.04. The number of rotatable bonds is 4. The maximum absolute atomic E-state index is 12.5. The van der Waals surface area contributed by atoms with E-state index in [1.807, 2.05) is 30.3 Å². The molecule has 8 heteroatoms. The molecule has 4 rings (SSSR count). The Bertz CT molecular complexity index is 1120. The molecule has 1 fully saturated rings. The van der Waals surface area contributed by atoms with Gasteiger partial charge in [0.25, 0.3) is 5.91 Å². The first-order valence-corrected chi connectivity index (χ1v) is 11.6. The van der Waals surface area contributed by atoms with Gasteiger partial charge in [0.1, 0.15) is 5.76 Å². The molecule has 5 nitrogen and oxygen atoms in total. The number of thiocarbonyl (C=S) groups is 1. The van der Waals surface area contributed by atoms with Crippen LogP contribution in [0.25, 0.3) is 11.3 Å². The number of hydrogen-bond acceptors (Lipinski definition) is 4. The van der Waals surface area contributed by atoms with E-state index in [1.165, 1.54) is 12.8 Å². The minimum absolute atomic E-state index is 0.159. The summed E-state index contributed by atoms with van der Waals surface area (Å²) in [7, 11) is 0. The maximum Gasteiger partial charge on any atom is 0.293 e. The Hall–Kier alpha value is -2.54. The fourth-order valence-electron chi connectivity index (χ4n) is 3.65. The SMILES string of the molecule is CC1CCN(c2ccc(NC(=S)NC(=O)c3ccc(-c4ccc(Cl)cc4)o3)cc2Cl)CC1. The van der Waals surface area contributed by atoms with Gasteiger partial charge >= 0.3 is 0 Å². The third kappa shape index (κ3) is 5.44. The van der Waals surface area contributed by atoms with E-state index in [9.17, 15) is 4.79 Å². The van der Waals surface area contributed by atoms with E-state index in [0.29, 0.717) is 21.5 Å². The van der Waals surface area contributed by atoms with Crippen molar-refractivity contribution in [3.05, 3.63) is 70.4 Å². The number of anilines is 2. The van der Waals surface area contributed by atoms with Crippen molar-refractivity contribution in [2.45, 2.75) is 19.8 Å². The summed E-state index contributed by atoms with van der Waals surface area (Å²) in [5.41, 5.74) is 2.55. The predicted octanol–water partition coefficient (Wildman–Crippen LogP) is 6.62. The number of halogens is 2. The molecule has 166 valence electrons. The first-order valence-electron chi connectivity index (χ1n) is 10.4. The molecule has 0 spiro atoms. The van der Waals surface area contributed by atoms with Crippen LogP contribution in [0.5, 0.6) is 0 Å². The van der Waals surface area contributed by atoms with Gasteiger partial charge in [0, 0.05) is 29.4 Å². The lowest BCUT2D eigenvalue weighted by molar-refractivity contribution is 0.0951. The summed E-state index contributed by atoms with van der Waals surface area (Å²) in [6.07, 6.45) is 2.33. The summed E-state index contributed by atoms with van der Waals surface area (Å²) in [4.78, 5) is 14.8. The van der Waals surface area contributed by atoms with Gasteiger partial charge < -0.3 is 14.6 Å². The average molecular weight is 488 g/mol. The molecule has 1 aliphatic heterocycles. The van der Waals surface area contributed by atoms with Crippen LogP contribution in [0.4, 0.5) is 11.4 Å². The Morgan fingerprint density at radius 1 is 1.06 bits per heavy atom. The van der Waals surface area contributed by atoms with Crippen LogP contribution in [0.3, 0.4) is 0 Å². The van der Waals surface area contributed by atoms with Crippen LogP contribution in [0.2, 0.25) is 10.0 Å². The fraction of sp³-hybridized carbons (Fsp3) is 0.250. The van der Waals surface area contributed by atoms with Gasteiger partial charge in [-0.15, -0.1) is 0 Å². The first-order chi connectivity index (χ1) is 15.4. The average Bonchev–Trinajstić information content (AvgIpc) is 3.26. The van der Waals surface area contributed by atoms with E-state index in [2.05, 4.69) is 22.5 Å². The van der Waals surface area contributed by atoms with E-state index in [-0.39, 0.29) is 10.9 Å². The maximum atomic E-state index is 12.5. The van der Waals surface area contributed by atoms with E-state index < -0.39 is 5.91 Å². The van der Waals surface area contributed by atoms with Gasteiger partial charge in [-0.1, -0.05) is 30.1 Å². The topological polar surface area (TPSA) is 57.5 Å². The summed E-state index contributed by atoms with van der Waals surface area (Å²) < 4.78 is 5.66. The number of furan rings is 1. The smallest absolute Gasteiger partial charge is 0.293 e. The highest BCUT2D eigenvalue weighted by atomic mass is 35.5. The largest absolute Gasteiger partial charge is 0.451 e. The molecular formula is C24H23Cl2N3O2S. The van der Waals surface area contributed by atoms with E-state index in [0.717, 1.165) is 30.3 Å². The third-order valence-corrected chi connectivity index (χ3v) is 6.27. The lowest BCUT2D eigenvalue weighted by Crippen LogP contribution is -2.34. The molecule has 0 unspecified atom stereocenters. The number of piperidine rings is 1. The minimum Gasteiger partial charge on any atom is -0.451 e. The van der Waals surface area contributed by atoms with Crippen LogP contribution in [-0.4, -0.2) is 24.1 Å². The number of hydrogen-bond donors (Lipinski definition) is 2. The van der Waals surface area contributed by atoms with Crippen LogP contribution in [0, 0.1) is 5.92 Å². The minimum atomic E-state index is -0.437. The molecule has 2 N–H and O–H groups in total. The Balaban J connectivity index is 1.36. The highest BCUT2D eigenvalue weighted by Crippen LogP contribution is 2.32. The van der Waals surface area contributed by atoms with Crippen LogP contribution >= 0.6 is 35.4 Å². The van der Waals surface area contributed by atoms with Crippen molar-refractivity contribution < 1.29 is 9.21 Å². The van der Waals surface area contributed by atoms with Crippen molar-refractivity contribution in [3.63, 3.8) is 0 Å². The van der Waals surface area contributed by atoms with Gasteiger partial charge in [-0.05, 0) is 85.6 Å². The molecule has 3 aromatic rings. The molecule has 2 heterocycles. The lowest BCUT2D eigenvalue weighted by Gasteiger charge is -2.32. The number of carbonyl (C=O) groups excluding carboxylic acids is 1. The second-order valence-corrected chi connectivity index (χ2v) is 9.17. The molecular weight excluding hydrogens is 465 g/mol. The van der Waals surface area contributed by atoms with Gasteiger partial charge in [0.05, 0.1) is 10.7 Å². The molecule has 2 aromatic carbocycles. The zero-order valence-corrected chi connectivity index (χ0v) is 19.9. The van der Waals surface area contributed by atoms with E-state index in [1.54, 1.807) is 24.3 Å². The summed E-state index contributed by atoms with van der Waals surface area (Å²) >= 11 is 17.7. The molecule has 1 aromatic heterocycles. The van der Waals surface area contributed by atoms with Crippen molar-refractivity contribution in [1.82, 2.24) is 5.32 Å². The zero-order valence-electron chi connectivity index (χ0n) is 17.5. The zero-order chi connectivity index (χ0) is 22.7. The summed E-state index contributed by atoms with van der Waals surface area (Å²) in [6.45, 7) is 4.29. The number of nitrogens with zero attached hydrogens (tertiary/aromatic N) is 1. The van der Waals surface area contributed by atoms with Gasteiger partial charge in [-0.25, -0.2) is 0 Å². The highest BCUT2D eigenvalue weighted by molar-refractivity contribution is 7.80. The van der Waals surface area contributed by atoms with Gasteiger partial charge in [-0.3, -0.25) is 10.1 Å². The van der Waals surface area contributed by atoms with E-state index in [4.69, 9.17) is 39.8 Å². The second-order valence-electron chi connectivity index (χ2n) is 7.91. The third-order valence-electron chi connectivity index (χ3n) is 5.52. The van der Waals surface area contributed by atoms with Crippen molar-refractivity contribution in [3.8, 4) is 11.3 Å². The number of carbonyl (C=O) groups is 1. The number of amides is 1. The predicted molar refractivity (Wildman–Crippen MR) is 135 cm³/mol. The molecule has 0 aliphatic carbocycles. The second kappa shape index (κ2) is 9.94. The summed E-state index contributed by atoms with van der Waals surface area (Å²) in [6, 6.07) is 16.2. The van der Waals surface area contributed by atoms with Gasteiger partial charge in [0.15, 0.2) is 10.9 Å². The molecule has 0 saturated carbocycles. The highest BCUT2D eigenvalue weighted by Gasteiger charge is 2.19. The molecule has 0 bridgehead atoms. The molecule has 32 heavy (non-hydrogen) atoms. The molecule has 0 radical (unpaired) electrons. The normalized spacial score (nSPS) is 14.3. The van der Waals surface area contributed by atoms with Crippen LogP contribution in [0.15, 0.2) is 59.0 Å². The Labute approximate surface area is 202 Å². The summed E-state index contributed by atoms with van der Waals surface area (Å²) in [5, 5.41) is 7.08. The van der Waals surface area contributed by atoms with Gasteiger partial charge in [-0.2, -0.15) is 0 Å². The standard InChI is InChI=1S/C24H23Cl2N3O2S/c1-15-10-12-29(13-11-15)20-7-6-18(14-19(20)26)27-24(32)28-23(30)22-9-8-21(31-22)16-2-4-17(25)5-3-16/h2-9,14-15H,10-13H2,1H3,(H2,27,28,30,32). The van der Waals surface area contributed by atoms with Crippen molar-refractivity contribution in [2.75, 3.05) is 23.3 Å². The monoisotopic (exact) mass is 487 g/mol. The van der Waals surface area contributed by atoms with Crippen molar-refractivity contribution in [2.24, 2.45) is 5.92 Å². The molecule has 1 aliphatic rings. The van der Waals surface area contributed by atoms with Crippen LogP contribution in [0.1, 0.15) is 30.3 Å². The lowest BCUT2D eigenvalue weighted by atomic mass is 9.99. The van der Waals surface area contributed by atoms with Crippen LogP contribution < -0.4 is 15.5 Å². The van der Waals surface area contributed by atoms with Crippen molar-refractivity contribution >= 4 is 57.8 Å². The van der Waals surface area contributed by atoms with Crippen molar-refractivity contribution in [1.29, 1.82) is 0 Å². The summed E-state index contributed by atoms with van der Waals surface area (Å²) in [5.74, 6) is 1.04. The Morgan fingerprint density at radius 3 is 2.47 bits per heavy atom. The first kappa shape index (κ1) is 22.6. The van der Waals surface area contributed by atoms with Gasteiger partial charge in [0.2, 0.25) is 0 Å². The fourth-order valence-corrected chi connectivity index (χ4v) is 4.28. The molecule has 1 amide bonds. The molecule has 1 saturated heterocycles. The molecule has 0 atom stereocenters. The van der Waals surface area contributed by atoms with Crippen LogP contribution in [-0.2, 0) is 0 Å².